The average molecular weight is 337 g/mol. The van der Waals surface area contributed by atoms with Crippen molar-refractivity contribution in [1.82, 2.24) is 14.9 Å². The quantitative estimate of drug-likeness (QED) is 0.772. The molecule has 1 atom stereocenters. The molecule has 0 aliphatic heterocycles. The highest BCUT2D eigenvalue weighted by atomic mass is 16.5. The first-order valence-electron chi connectivity index (χ1n) is 8.38. The van der Waals surface area contributed by atoms with E-state index in [1.165, 1.54) is 0 Å². The summed E-state index contributed by atoms with van der Waals surface area (Å²) in [6, 6.07) is 15.0. The van der Waals surface area contributed by atoms with Crippen molar-refractivity contribution in [2.24, 2.45) is 13.0 Å². The second kappa shape index (κ2) is 6.97. The molecule has 0 radical (unpaired) electrons. The van der Waals surface area contributed by atoms with Crippen LogP contribution in [0, 0.1) is 5.92 Å². The number of benzene rings is 2. The summed E-state index contributed by atoms with van der Waals surface area (Å²) in [4.78, 5) is 17.6. The molecule has 0 saturated heterocycles. The molecule has 1 amide bonds. The third-order valence-corrected chi connectivity index (χ3v) is 4.40. The fourth-order valence-electron chi connectivity index (χ4n) is 3.02. The van der Waals surface area contributed by atoms with Crippen LogP contribution in [0.4, 0.5) is 0 Å². The molecule has 2 aromatic carbocycles. The summed E-state index contributed by atoms with van der Waals surface area (Å²) in [5, 5.41) is 3.12. The van der Waals surface area contributed by atoms with Gasteiger partial charge < -0.3 is 14.6 Å². The van der Waals surface area contributed by atoms with Crippen LogP contribution >= 0.6 is 0 Å². The molecule has 0 spiro atoms. The summed E-state index contributed by atoms with van der Waals surface area (Å²) in [5.74, 6) is 1.43. The zero-order chi connectivity index (χ0) is 18.0. The van der Waals surface area contributed by atoms with E-state index < -0.39 is 0 Å². The fourth-order valence-corrected chi connectivity index (χ4v) is 3.02. The van der Waals surface area contributed by atoms with Crippen LogP contribution in [0.5, 0.6) is 5.75 Å². The first kappa shape index (κ1) is 17.0. The monoisotopic (exact) mass is 337 g/mol. The number of methoxy groups -OCH3 is 1. The molecule has 0 aliphatic rings. The smallest absolute Gasteiger partial charge is 0.255 e. The highest BCUT2D eigenvalue weighted by molar-refractivity contribution is 5.97. The van der Waals surface area contributed by atoms with Gasteiger partial charge in [-0.05, 0) is 30.2 Å². The molecular formula is C20H23N3O2. The Morgan fingerprint density at radius 3 is 2.48 bits per heavy atom. The summed E-state index contributed by atoms with van der Waals surface area (Å²) in [6.07, 6.45) is 0. The summed E-state index contributed by atoms with van der Waals surface area (Å²) in [7, 11) is 3.55. The molecule has 3 aromatic rings. The summed E-state index contributed by atoms with van der Waals surface area (Å²) < 4.78 is 7.35. The van der Waals surface area contributed by atoms with Crippen LogP contribution in [0.25, 0.3) is 11.0 Å². The number of hydrogen-bond acceptors (Lipinski definition) is 3. The second-order valence-electron chi connectivity index (χ2n) is 6.41. The molecule has 0 bridgehead atoms. The van der Waals surface area contributed by atoms with Gasteiger partial charge in [-0.25, -0.2) is 4.98 Å². The molecule has 0 saturated carbocycles. The van der Waals surface area contributed by atoms with Crippen molar-refractivity contribution in [1.29, 1.82) is 0 Å². The molecule has 5 heteroatoms. The number of carbonyl (C=O) groups is 1. The molecule has 0 aliphatic carbocycles. The van der Waals surface area contributed by atoms with Crippen molar-refractivity contribution in [3.63, 3.8) is 0 Å². The lowest BCUT2D eigenvalue weighted by Crippen LogP contribution is -2.33. The lowest BCUT2D eigenvalue weighted by molar-refractivity contribution is 0.0919. The number of hydrogen-bond donors (Lipinski definition) is 1. The van der Waals surface area contributed by atoms with E-state index in [1.807, 2.05) is 48.0 Å². The van der Waals surface area contributed by atoms with Gasteiger partial charge in [-0.1, -0.05) is 38.1 Å². The highest BCUT2D eigenvalue weighted by Gasteiger charge is 2.25. The molecule has 1 heterocycles. The summed E-state index contributed by atoms with van der Waals surface area (Å²) in [6.45, 7) is 4.15. The SMILES string of the molecule is COc1ccccc1C(=O)N[C@H](c1nc2ccccc2n1C)C(C)C. The van der Waals surface area contributed by atoms with Gasteiger partial charge in [0.1, 0.15) is 11.6 Å². The van der Waals surface area contributed by atoms with Gasteiger partial charge in [0.2, 0.25) is 0 Å². The van der Waals surface area contributed by atoms with Crippen molar-refractivity contribution in [3.05, 3.63) is 59.9 Å². The van der Waals surface area contributed by atoms with Gasteiger partial charge in [0.25, 0.3) is 5.91 Å². The van der Waals surface area contributed by atoms with Crippen molar-refractivity contribution in [3.8, 4) is 5.75 Å². The van der Waals surface area contributed by atoms with E-state index >= 15 is 0 Å². The Hall–Kier alpha value is -2.82. The van der Waals surface area contributed by atoms with Crippen LogP contribution in [-0.2, 0) is 7.05 Å². The highest BCUT2D eigenvalue weighted by Crippen LogP contribution is 2.26. The van der Waals surface area contributed by atoms with Crippen LogP contribution in [0.15, 0.2) is 48.5 Å². The van der Waals surface area contributed by atoms with Gasteiger partial charge in [-0.3, -0.25) is 4.79 Å². The zero-order valence-electron chi connectivity index (χ0n) is 15.0. The molecule has 25 heavy (non-hydrogen) atoms. The van der Waals surface area contributed by atoms with Gasteiger partial charge in [0.15, 0.2) is 0 Å². The van der Waals surface area contributed by atoms with Gasteiger partial charge >= 0.3 is 0 Å². The van der Waals surface area contributed by atoms with Gasteiger partial charge in [0, 0.05) is 7.05 Å². The molecule has 3 rings (SSSR count). The number of amides is 1. The molecular weight excluding hydrogens is 314 g/mol. The molecule has 0 fully saturated rings. The van der Waals surface area contributed by atoms with Gasteiger partial charge in [-0.2, -0.15) is 0 Å². The van der Waals surface area contributed by atoms with E-state index in [4.69, 9.17) is 9.72 Å². The van der Waals surface area contributed by atoms with E-state index in [-0.39, 0.29) is 17.9 Å². The van der Waals surface area contributed by atoms with Gasteiger partial charge in [0.05, 0.1) is 29.7 Å². The van der Waals surface area contributed by atoms with Crippen LogP contribution in [0.1, 0.15) is 36.1 Å². The van der Waals surface area contributed by atoms with E-state index in [0.717, 1.165) is 16.9 Å². The Morgan fingerprint density at radius 1 is 1.12 bits per heavy atom. The topological polar surface area (TPSA) is 56.1 Å². The van der Waals surface area contributed by atoms with Crippen molar-refractivity contribution < 1.29 is 9.53 Å². The number of imidazole rings is 1. The summed E-state index contributed by atoms with van der Waals surface area (Å²) >= 11 is 0. The maximum absolute atomic E-state index is 12.8. The molecule has 1 aromatic heterocycles. The van der Waals surface area contributed by atoms with Crippen LogP contribution in [0.3, 0.4) is 0 Å². The van der Waals surface area contributed by atoms with Crippen LogP contribution < -0.4 is 10.1 Å². The van der Waals surface area contributed by atoms with Crippen molar-refractivity contribution in [2.75, 3.05) is 7.11 Å². The predicted molar refractivity (Wildman–Crippen MR) is 98.8 cm³/mol. The summed E-state index contributed by atoms with van der Waals surface area (Å²) in [5.41, 5.74) is 2.50. The van der Waals surface area contributed by atoms with Crippen molar-refractivity contribution in [2.45, 2.75) is 19.9 Å². The number of carbonyl (C=O) groups excluding carboxylic acids is 1. The second-order valence-corrected chi connectivity index (χ2v) is 6.41. The minimum absolute atomic E-state index is 0.164. The lowest BCUT2D eigenvalue weighted by Gasteiger charge is -2.22. The Labute approximate surface area is 147 Å². The Balaban J connectivity index is 1.96. The number of rotatable bonds is 5. The molecule has 1 N–H and O–H groups in total. The van der Waals surface area contributed by atoms with E-state index in [1.54, 1.807) is 19.2 Å². The standard InChI is InChI=1S/C20H23N3O2/c1-13(2)18(19-21-15-10-6-7-11-16(15)23(19)3)22-20(24)14-9-5-8-12-17(14)25-4/h5-13,18H,1-4H3,(H,22,24)/t18-/m0/s1. The van der Waals surface area contributed by atoms with Crippen molar-refractivity contribution >= 4 is 16.9 Å². The predicted octanol–water partition coefficient (Wildman–Crippen LogP) is 3.71. The number of nitrogens with zero attached hydrogens (tertiary/aromatic N) is 2. The van der Waals surface area contributed by atoms with E-state index in [2.05, 4.69) is 19.2 Å². The number of fused-ring (bicyclic) bond motifs is 1. The third-order valence-electron chi connectivity index (χ3n) is 4.40. The molecule has 0 unspecified atom stereocenters. The number of para-hydroxylation sites is 3. The van der Waals surface area contributed by atoms with E-state index in [9.17, 15) is 4.79 Å². The van der Waals surface area contributed by atoms with E-state index in [0.29, 0.717) is 11.3 Å². The van der Waals surface area contributed by atoms with Gasteiger partial charge in [-0.15, -0.1) is 0 Å². The average Bonchev–Trinajstić information content (AvgIpc) is 2.96. The number of aryl methyl sites for hydroxylation is 1. The normalized spacial score (nSPS) is 12.4. The minimum Gasteiger partial charge on any atom is -0.496 e. The first-order valence-corrected chi connectivity index (χ1v) is 8.38. The first-order chi connectivity index (χ1) is 12.0. The maximum atomic E-state index is 12.8. The Kier molecular flexibility index (Phi) is 4.74. The molecule has 130 valence electrons. The maximum Gasteiger partial charge on any atom is 0.255 e. The fraction of sp³-hybridized carbons (Fsp3) is 0.300. The molecule has 5 nitrogen and oxygen atoms in total. The van der Waals surface area contributed by atoms with Crippen LogP contribution in [-0.4, -0.2) is 22.6 Å². The Bertz CT molecular complexity index is 899. The van der Waals surface area contributed by atoms with Crippen LogP contribution in [0.2, 0.25) is 0 Å². The lowest BCUT2D eigenvalue weighted by atomic mass is 10.0. The number of aromatic nitrogens is 2. The number of ether oxygens (including phenoxy) is 1. The zero-order valence-corrected chi connectivity index (χ0v) is 15.0. The Morgan fingerprint density at radius 2 is 1.80 bits per heavy atom. The third kappa shape index (κ3) is 3.22. The number of nitrogens with one attached hydrogen (secondary N) is 1. The largest absolute Gasteiger partial charge is 0.496 e. The minimum atomic E-state index is -0.199.